The van der Waals surface area contributed by atoms with Crippen molar-refractivity contribution < 1.29 is 14.5 Å². The summed E-state index contributed by atoms with van der Waals surface area (Å²) in [6.07, 6.45) is 0.814. The van der Waals surface area contributed by atoms with Crippen molar-refractivity contribution >= 4 is 23.3 Å². The SMILES string of the molecule is CCCn1nnnc1COC(=O)c1ccc(Cl)cc1[N+](=O)[O-]. The fourth-order valence-electron chi connectivity index (χ4n) is 1.75. The molecule has 0 aliphatic carbocycles. The Kier molecular flexibility index (Phi) is 4.99. The van der Waals surface area contributed by atoms with E-state index in [4.69, 9.17) is 16.3 Å². The van der Waals surface area contributed by atoms with Crippen molar-refractivity contribution in [1.82, 2.24) is 20.2 Å². The van der Waals surface area contributed by atoms with E-state index in [1.165, 1.54) is 16.8 Å². The highest BCUT2D eigenvalue weighted by atomic mass is 35.5. The number of tetrazole rings is 1. The summed E-state index contributed by atoms with van der Waals surface area (Å²) in [6, 6.07) is 3.73. The number of hydrogen-bond acceptors (Lipinski definition) is 7. The van der Waals surface area contributed by atoms with Crippen LogP contribution in [0.4, 0.5) is 5.69 Å². The number of hydrogen-bond donors (Lipinski definition) is 0. The molecule has 0 amide bonds. The second-order valence-electron chi connectivity index (χ2n) is 4.31. The Labute approximate surface area is 130 Å². The molecule has 9 nitrogen and oxygen atoms in total. The molecule has 0 saturated carbocycles. The van der Waals surface area contributed by atoms with Gasteiger partial charge >= 0.3 is 5.97 Å². The van der Waals surface area contributed by atoms with Crippen LogP contribution in [0.5, 0.6) is 0 Å². The first-order valence-electron chi connectivity index (χ1n) is 6.39. The zero-order valence-electron chi connectivity index (χ0n) is 11.6. The second kappa shape index (κ2) is 6.94. The van der Waals surface area contributed by atoms with Gasteiger partial charge in [-0.2, -0.15) is 0 Å². The number of aromatic nitrogens is 4. The van der Waals surface area contributed by atoms with Crippen molar-refractivity contribution in [3.05, 3.63) is 44.7 Å². The van der Waals surface area contributed by atoms with Crippen molar-refractivity contribution in [2.45, 2.75) is 26.5 Å². The fourth-order valence-corrected chi connectivity index (χ4v) is 1.91. The molecule has 0 aliphatic heterocycles. The Morgan fingerprint density at radius 1 is 1.50 bits per heavy atom. The maximum atomic E-state index is 12.0. The number of aryl methyl sites for hydroxylation is 1. The van der Waals surface area contributed by atoms with E-state index < -0.39 is 16.6 Å². The van der Waals surface area contributed by atoms with Gasteiger partial charge in [-0.15, -0.1) is 5.10 Å². The van der Waals surface area contributed by atoms with Crippen LogP contribution in [0, 0.1) is 10.1 Å². The molecule has 116 valence electrons. The Morgan fingerprint density at radius 3 is 2.95 bits per heavy atom. The number of halogens is 1. The standard InChI is InChI=1S/C12H12ClN5O4/c1-2-5-17-11(14-15-16-17)7-22-12(19)9-4-3-8(13)6-10(9)18(20)21/h3-4,6H,2,5,7H2,1H3. The number of nitro benzene ring substituents is 1. The van der Waals surface area contributed by atoms with E-state index in [2.05, 4.69) is 15.5 Å². The summed E-state index contributed by atoms with van der Waals surface area (Å²) in [5, 5.41) is 22.1. The molecule has 22 heavy (non-hydrogen) atoms. The van der Waals surface area contributed by atoms with Gasteiger partial charge in [-0.25, -0.2) is 9.48 Å². The number of ether oxygens (including phenoxy) is 1. The molecule has 0 bridgehead atoms. The maximum Gasteiger partial charge on any atom is 0.345 e. The van der Waals surface area contributed by atoms with Gasteiger partial charge in [0.1, 0.15) is 5.56 Å². The Hall–Kier alpha value is -2.55. The third-order valence-electron chi connectivity index (χ3n) is 2.75. The number of nitrogens with zero attached hydrogens (tertiary/aromatic N) is 5. The van der Waals surface area contributed by atoms with Gasteiger partial charge in [-0.1, -0.05) is 18.5 Å². The monoisotopic (exact) mass is 325 g/mol. The number of carbonyl (C=O) groups excluding carboxylic acids is 1. The highest BCUT2D eigenvalue weighted by molar-refractivity contribution is 6.31. The number of carbonyl (C=O) groups is 1. The summed E-state index contributed by atoms with van der Waals surface area (Å²) in [7, 11) is 0. The summed E-state index contributed by atoms with van der Waals surface area (Å²) < 4.78 is 6.54. The molecule has 0 spiro atoms. The average molecular weight is 326 g/mol. The van der Waals surface area contributed by atoms with Crippen LogP contribution in [-0.4, -0.2) is 31.1 Å². The van der Waals surface area contributed by atoms with Crippen LogP contribution in [0.2, 0.25) is 5.02 Å². The quantitative estimate of drug-likeness (QED) is 0.453. The molecule has 2 aromatic rings. The molecule has 10 heteroatoms. The predicted molar refractivity (Wildman–Crippen MR) is 75.3 cm³/mol. The average Bonchev–Trinajstić information content (AvgIpc) is 2.92. The predicted octanol–water partition coefficient (Wildman–Crippen LogP) is 2.00. The van der Waals surface area contributed by atoms with Gasteiger partial charge in [0.25, 0.3) is 5.69 Å². The molecule has 0 radical (unpaired) electrons. The van der Waals surface area contributed by atoms with Crippen molar-refractivity contribution in [3.63, 3.8) is 0 Å². The van der Waals surface area contributed by atoms with Gasteiger partial charge < -0.3 is 4.74 Å². The topological polar surface area (TPSA) is 113 Å². The molecule has 0 saturated heterocycles. The van der Waals surface area contributed by atoms with Crippen LogP contribution < -0.4 is 0 Å². The van der Waals surface area contributed by atoms with Crippen LogP contribution in [0.3, 0.4) is 0 Å². The lowest BCUT2D eigenvalue weighted by Crippen LogP contribution is -2.12. The van der Waals surface area contributed by atoms with Gasteiger partial charge in [0.15, 0.2) is 12.4 Å². The summed E-state index contributed by atoms with van der Waals surface area (Å²) in [4.78, 5) is 22.3. The van der Waals surface area contributed by atoms with E-state index in [0.717, 1.165) is 12.5 Å². The molecule has 0 unspecified atom stereocenters. The largest absolute Gasteiger partial charge is 0.454 e. The van der Waals surface area contributed by atoms with Crippen molar-refractivity contribution in [1.29, 1.82) is 0 Å². The minimum absolute atomic E-state index is 0.162. The van der Waals surface area contributed by atoms with Gasteiger partial charge in [0, 0.05) is 17.6 Å². The van der Waals surface area contributed by atoms with E-state index in [-0.39, 0.29) is 17.2 Å². The Balaban J connectivity index is 2.13. The van der Waals surface area contributed by atoms with E-state index >= 15 is 0 Å². The summed E-state index contributed by atoms with van der Waals surface area (Å²) in [5.74, 6) is -0.471. The molecule has 1 aromatic heterocycles. The van der Waals surface area contributed by atoms with Crippen LogP contribution in [-0.2, 0) is 17.9 Å². The highest BCUT2D eigenvalue weighted by Gasteiger charge is 2.22. The molecule has 0 aliphatic rings. The lowest BCUT2D eigenvalue weighted by Gasteiger charge is -2.06. The number of benzene rings is 1. The van der Waals surface area contributed by atoms with Crippen LogP contribution >= 0.6 is 11.6 Å². The first kappa shape index (κ1) is 15.8. The zero-order valence-corrected chi connectivity index (χ0v) is 12.4. The number of esters is 1. The normalized spacial score (nSPS) is 10.5. The smallest absolute Gasteiger partial charge is 0.345 e. The lowest BCUT2D eigenvalue weighted by molar-refractivity contribution is -0.385. The van der Waals surface area contributed by atoms with E-state index in [1.54, 1.807) is 0 Å². The molecular weight excluding hydrogens is 314 g/mol. The number of nitro groups is 1. The molecule has 1 heterocycles. The first-order chi connectivity index (χ1) is 10.5. The third kappa shape index (κ3) is 3.55. The summed E-state index contributed by atoms with van der Waals surface area (Å²) >= 11 is 5.69. The van der Waals surface area contributed by atoms with Crippen LogP contribution in [0.25, 0.3) is 0 Å². The van der Waals surface area contributed by atoms with Crippen molar-refractivity contribution in [2.75, 3.05) is 0 Å². The third-order valence-corrected chi connectivity index (χ3v) is 2.99. The van der Waals surface area contributed by atoms with E-state index in [0.29, 0.717) is 12.4 Å². The van der Waals surface area contributed by atoms with Gasteiger partial charge in [-0.3, -0.25) is 10.1 Å². The van der Waals surface area contributed by atoms with Gasteiger partial charge in [0.2, 0.25) is 0 Å². The Morgan fingerprint density at radius 2 is 2.27 bits per heavy atom. The van der Waals surface area contributed by atoms with Gasteiger partial charge in [-0.05, 0) is 29.0 Å². The molecule has 0 N–H and O–H groups in total. The van der Waals surface area contributed by atoms with Crippen molar-refractivity contribution in [3.8, 4) is 0 Å². The first-order valence-corrected chi connectivity index (χ1v) is 6.76. The minimum atomic E-state index is -0.839. The summed E-state index contributed by atoms with van der Waals surface area (Å²) in [6.45, 7) is 2.36. The van der Waals surface area contributed by atoms with E-state index in [1.807, 2.05) is 6.92 Å². The van der Waals surface area contributed by atoms with Crippen LogP contribution in [0.1, 0.15) is 29.5 Å². The second-order valence-corrected chi connectivity index (χ2v) is 4.75. The summed E-state index contributed by atoms with van der Waals surface area (Å²) in [5.41, 5.74) is -0.588. The highest BCUT2D eigenvalue weighted by Crippen LogP contribution is 2.24. The molecule has 0 atom stereocenters. The van der Waals surface area contributed by atoms with Gasteiger partial charge in [0.05, 0.1) is 4.92 Å². The maximum absolute atomic E-state index is 12.0. The van der Waals surface area contributed by atoms with E-state index in [9.17, 15) is 14.9 Å². The lowest BCUT2D eigenvalue weighted by atomic mass is 10.2. The van der Waals surface area contributed by atoms with Crippen molar-refractivity contribution in [2.24, 2.45) is 0 Å². The number of rotatable bonds is 6. The van der Waals surface area contributed by atoms with Crippen LogP contribution in [0.15, 0.2) is 18.2 Å². The fraction of sp³-hybridized carbons (Fsp3) is 0.333. The Bertz CT molecular complexity index is 703. The molecule has 0 fully saturated rings. The molecule has 1 aromatic carbocycles. The zero-order chi connectivity index (χ0) is 16.1. The molecule has 2 rings (SSSR count). The molecular formula is C12H12ClN5O4. The minimum Gasteiger partial charge on any atom is -0.454 e.